The molecule has 0 amide bonds. The molecule has 1 atom stereocenters. The van der Waals surface area contributed by atoms with E-state index in [-0.39, 0.29) is 31.1 Å². The minimum Gasteiger partial charge on any atom is -0.462 e. The van der Waals surface area contributed by atoms with E-state index in [0.717, 1.165) is 77.0 Å². The topological polar surface area (TPSA) is 78.9 Å². The second-order valence-corrected chi connectivity index (χ2v) is 25.2. The van der Waals surface area contributed by atoms with Gasteiger partial charge in [-0.2, -0.15) is 0 Å². The summed E-state index contributed by atoms with van der Waals surface area (Å²) in [6.45, 7) is 6.69. The molecule has 0 aromatic carbocycles. The van der Waals surface area contributed by atoms with Crippen molar-refractivity contribution < 1.29 is 28.6 Å². The fourth-order valence-electron chi connectivity index (χ4n) is 11.3. The molecule has 0 radical (unpaired) electrons. The first-order valence-electron chi connectivity index (χ1n) is 37.0. The second kappa shape index (κ2) is 71.1. The van der Waals surface area contributed by atoms with E-state index in [9.17, 15) is 14.4 Å². The minimum atomic E-state index is -0.776. The molecule has 0 spiro atoms. The van der Waals surface area contributed by atoms with Gasteiger partial charge in [0.25, 0.3) is 0 Å². The van der Waals surface area contributed by atoms with Gasteiger partial charge in [-0.15, -0.1) is 0 Å². The Hall–Kier alpha value is -2.37. The summed E-state index contributed by atoms with van der Waals surface area (Å²) in [6.07, 6.45) is 88.9. The van der Waals surface area contributed by atoms with Crippen LogP contribution in [0.15, 0.2) is 36.5 Å². The zero-order valence-electron chi connectivity index (χ0n) is 55.5. The molecule has 482 valence electrons. The number of carbonyl (C=O) groups is 3. The van der Waals surface area contributed by atoms with Gasteiger partial charge >= 0.3 is 17.9 Å². The van der Waals surface area contributed by atoms with Crippen LogP contribution in [0.5, 0.6) is 0 Å². The minimum absolute atomic E-state index is 0.0702. The van der Waals surface area contributed by atoms with Crippen LogP contribution in [0.4, 0.5) is 0 Å². The van der Waals surface area contributed by atoms with Gasteiger partial charge in [0.1, 0.15) is 13.2 Å². The Morgan fingerprint density at radius 2 is 0.439 bits per heavy atom. The third kappa shape index (κ3) is 68.4. The highest BCUT2D eigenvalue weighted by molar-refractivity contribution is 5.71. The fraction of sp³-hybridized carbons (Fsp3) is 0.882. The van der Waals surface area contributed by atoms with E-state index in [1.54, 1.807) is 0 Å². The van der Waals surface area contributed by atoms with Crippen LogP contribution in [0.1, 0.15) is 412 Å². The van der Waals surface area contributed by atoms with Crippen molar-refractivity contribution in [3.8, 4) is 0 Å². The number of carbonyl (C=O) groups excluding carboxylic acids is 3. The summed E-state index contributed by atoms with van der Waals surface area (Å²) in [7, 11) is 0. The van der Waals surface area contributed by atoms with Gasteiger partial charge in [-0.3, -0.25) is 14.4 Å². The van der Waals surface area contributed by atoms with Gasteiger partial charge in [0.2, 0.25) is 0 Å². The molecule has 0 bridgehead atoms. The molecule has 82 heavy (non-hydrogen) atoms. The van der Waals surface area contributed by atoms with Crippen LogP contribution in [0, 0.1) is 0 Å². The van der Waals surface area contributed by atoms with Crippen molar-refractivity contribution in [3.63, 3.8) is 0 Å². The maximum atomic E-state index is 13.0. The summed E-state index contributed by atoms with van der Waals surface area (Å²) in [5, 5.41) is 0. The molecular formula is C76H142O6. The molecule has 0 N–H and O–H groups in total. The molecule has 0 aliphatic heterocycles. The van der Waals surface area contributed by atoms with Crippen molar-refractivity contribution in [1.82, 2.24) is 0 Å². The van der Waals surface area contributed by atoms with Crippen LogP contribution >= 0.6 is 0 Å². The Bertz CT molecular complexity index is 1370. The Morgan fingerprint density at radius 1 is 0.244 bits per heavy atom. The molecule has 0 saturated carbocycles. The third-order valence-corrected chi connectivity index (χ3v) is 16.9. The molecule has 0 saturated heterocycles. The van der Waals surface area contributed by atoms with Gasteiger partial charge in [0.05, 0.1) is 0 Å². The van der Waals surface area contributed by atoms with E-state index in [1.165, 1.54) is 295 Å². The smallest absolute Gasteiger partial charge is 0.306 e. The van der Waals surface area contributed by atoms with Gasteiger partial charge in [0, 0.05) is 19.3 Å². The lowest BCUT2D eigenvalue weighted by Gasteiger charge is -2.18. The number of esters is 3. The summed E-state index contributed by atoms with van der Waals surface area (Å²) in [5.41, 5.74) is 0. The van der Waals surface area contributed by atoms with E-state index < -0.39 is 6.10 Å². The van der Waals surface area contributed by atoms with Crippen LogP contribution in [-0.2, 0) is 28.6 Å². The zero-order valence-corrected chi connectivity index (χ0v) is 55.5. The molecule has 6 nitrogen and oxygen atoms in total. The molecular weight excluding hydrogens is 1010 g/mol. The van der Waals surface area contributed by atoms with Crippen LogP contribution in [0.2, 0.25) is 0 Å². The first-order valence-corrected chi connectivity index (χ1v) is 37.0. The van der Waals surface area contributed by atoms with E-state index in [1.807, 2.05) is 0 Å². The van der Waals surface area contributed by atoms with E-state index in [0.29, 0.717) is 19.3 Å². The predicted octanol–water partition coefficient (Wildman–Crippen LogP) is 25.5. The maximum absolute atomic E-state index is 13.0. The largest absolute Gasteiger partial charge is 0.462 e. The highest BCUT2D eigenvalue weighted by Crippen LogP contribution is 2.19. The molecule has 0 aromatic heterocycles. The van der Waals surface area contributed by atoms with E-state index >= 15 is 0 Å². The van der Waals surface area contributed by atoms with Gasteiger partial charge in [-0.25, -0.2) is 0 Å². The molecule has 0 rings (SSSR count). The maximum Gasteiger partial charge on any atom is 0.306 e. The standard InChI is InChI=1S/C76H142O6/c1-4-7-10-13-16-19-22-25-28-31-34-36-37-38-39-40-43-45-48-51-54-57-60-63-66-69-75(78)81-72-73(71-80-74(77)68-65-62-59-56-53-50-47-44-41-33-30-27-24-21-18-15-12-9-6-3)82-76(79)70-67-64-61-58-55-52-49-46-42-35-32-29-26-23-20-17-14-11-8-5-2/h18,21,27,30,41,44,73H,4-17,19-20,22-26,28-29,31-40,42-43,45-72H2,1-3H3/b21-18-,30-27-,44-41-. The fourth-order valence-corrected chi connectivity index (χ4v) is 11.3. The number of ether oxygens (including phenoxy) is 3. The first kappa shape index (κ1) is 79.6. The lowest BCUT2D eigenvalue weighted by atomic mass is 10.0. The predicted molar refractivity (Wildman–Crippen MR) is 358 cm³/mol. The number of unbranched alkanes of at least 4 members (excludes halogenated alkanes) is 52. The van der Waals surface area contributed by atoms with Crippen molar-refractivity contribution >= 4 is 17.9 Å². The molecule has 0 heterocycles. The summed E-state index contributed by atoms with van der Waals surface area (Å²) in [5.74, 6) is -0.849. The zero-order chi connectivity index (χ0) is 59.2. The Kier molecular flexibility index (Phi) is 69.1. The Labute approximate surface area is 512 Å². The first-order chi connectivity index (χ1) is 40.5. The normalized spacial score (nSPS) is 12.2. The van der Waals surface area contributed by atoms with Gasteiger partial charge < -0.3 is 14.2 Å². The Morgan fingerprint density at radius 3 is 0.707 bits per heavy atom. The molecule has 0 aliphatic rings. The van der Waals surface area contributed by atoms with E-state index in [2.05, 4.69) is 57.2 Å². The molecule has 0 aliphatic carbocycles. The lowest BCUT2D eigenvalue weighted by Crippen LogP contribution is -2.30. The highest BCUT2D eigenvalue weighted by Gasteiger charge is 2.20. The van der Waals surface area contributed by atoms with Crippen LogP contribution < -0.4 is 0 Å². The van der Waals surface area contributed by atoms with Crippen molar-refractivity contribution in [1.29, 1.82) is 0 Å². The van der Waals surface area contributed by atoms with Crippen molar-refractivity contribution in [2.24, 2.45) is 0 Å². The molecule has 0 aromatic rings. The SMILES string of the molecule is CCCCC/C=C\C/C=C\C/C=C\CCCCCCCCC(=O)OCC(COC(=O)CCCCCCCCCCCCCCCCCCCCCCCCCCC)OC(=O)CCCCCCCCCCCCCCCCCCCCCC. The second-order valence-electron chi connectivity index (χ2n) is 25.2. The third-order valence-electron chi connectivity index (χ3n) is 16.9. The molecule has 6 heteroatoms. The molecule has 1 unspecified atom stereocenters. The lowest BCUT2D eigenvalue weighted by molar-refractivity contribution is -0.167. The quantitative estimate of drug-likeness (QED) is 0.0261. The summed E-state index contributed by atoms with van der Waals surface area (Å²) in [6, 6.07) is 0. The monoisotopic (exact) mass is 1150 g/mol. The summed E-state index contributed by atoms with van der Waals surface area (Å²) < 4.78 is 17.0. The Balaban J connectivity index is 4.29. The summed E-state index contributed by atoms with van der Waals surface area (Å²) >= 11 is 0. The number of hydrogen-bond donors (Lipinski definition) is 0. The van der Waals surface area contributed by atoms with Crippen molar-refractivity contribution in [2.45, 2.75) is 419 Å². The average molecular weight is 1150 g/mol. The van der Waals surface area contributed by atoms with Crippen LogP contribution in [0.25, 0.3) is 0 Å². The molecule has 0 fully saturated rings. The van der Waals surface area contributed by atoms with Crippen molar-refractivity contribution in [2.75, 3.05) is 13.2 Å². The van der Waals surface area contributed by atoms with Crippen molar-refractivity contribution in [3.05, 3.63) is 36.5 Å². The van der Waals surface area contributed by atoms with Crippen LogP contribution in [-0.4, -0.2) is 37.2 Å². The van der Waals surface area contributed by atoms with Gasteiger partial charge in [0.15, 0.2) is 6.10 Å². The highest BCUT2D eigenvalue weighted by atomic mass is 16.6. The summed E-state index contributed by atoms with van der Waals surface area (Å²) in [4.78, 5) is 38.5. The average Bonchev–Trinajstić information content (AvgIpc) is 3.47. The van der Waals surface area contributed by atoms with E-state index in [4.69, 9.17) is 14.2 Å². The van der Waals surface area contributed by atoms with Gasteiger partial charge in [-0.1, -0.05) is 372 Å². The number of hydrogen-bond acceptors (Lipinski definition) is 6. The van der Waals surface area contributed by atoms with Crippen LogP contribution in [0.3, 0.4) is 0 Å². The number of allylic oxidation sites excluding steroid dienone is 6. The number of rotatable bonds is 69. The van der Waals surface area contributed by atoms with Gasteiger partial charge in [-0.05, 0) is 57.8 Å².